The topological polar surface area (TPSA) is 73.6 Å². The Kier molecular flexibility index (Phi) is 4.63. The Morgan fingerprint density at radius 1 is 1.47 bits per heavy atom. The van der Waals surface area contributed by atoms with E-state index in [9.17, 15) is 4.79 Å². The SMILES string of the molecule is CCCC(N)C(=O)NCC1COc2ccccc2O1. The normalized spacial score (nSPS) is 18.7. The van der Waals surface area contributed by atoms with Gasteiger partial charge >= 0.3 is 0 Å². The monoisotopic (exact) mass is 264 g/mol. The molecule has 19 heavy (non-hydrogen) atoms. The molecule has 0 aliphatic carbocycles. The summed E-state index contributed by atoms with van der Waals surface area (Å²) < 4.78 is 11.3. The highest BCUT2D eigenvalue weighted by Gasteiger charge is 2.22. The lowest BCUT2D eigenvalue weighted by Crippen LogP contribution is -2.46. The van der Waals surface area contributed by atoms with Gasteiger partial charge in [-0.1, -0.05) is 25.5 Å². The second-order valence-corrected chi connectivity index (χ2v) is 4.64. The van der Waals surface area contributed by atoms with Crippen LogP contribution < -0.4 is 20.5 Å². The van der Waals surface area contributed by atoms with E-state index >= 15 is 0 Å². The molecule has 3 N–H and O–H groups in total. The Balaban J connectivity index is 1.81. The summed E-state index contributed by atoms with van der Waals surface area (Å²) in [7, 11) is 0. The van der Waals surface area contributed by atoms with Crippen molar-refractivity contribution in [3.05, 3.63) is 24.3 Å². The second kappa shape index (κ2) is 6.43. The van der Waals surface area contributed by atoms with Crippen molar-refractivity contribution >= 4 is 5.91 Å². The predicted octanol–water partition coefficient (Wildman–Crippen LogP) is 1.07. The number of fused-ring (bicyclic) bond motifs is 1. The fourth-order valence-corrected chi connectivity index (χ4v) is 1.95. The number of rotatable bonds is 5. The van der Waals surface area contributed by atoms with Crippen molar-refractivity contribution in [3.63, 3.8) is 0 Å². The zero-order valence-corrected chi connectivity index (χ0v) is 11.1. The smallest absolute Gasteiger partial charge is 0.237 e. The molecule has 5 nitrogen and oxygen atoms in total. The van der Waals surface area contributed by atoms with E-state index in [-0.39, 0.29) is 12.0 Å². The first-order valence-electron chi connectivity index (χ1n) is 6.62. The van der Waals surface area contributed by atoms with Crippen molar-refractivity contribution < 1.29 is 14.3 Å². The largest absolute Gasteiger partial charge is 0.486 e. The summed E-state index contributed by atoms with van der Waals surface area (Å²) in [5.41, 5.74) is 5.74. The van der Waals surface area contributed by atoms with Crippen LogP contribution in [0.25, 0.3) is 0 Å². The third kappa shape index (κ3) is 3.61. The number of carbonyl (C=O) groups excluding carboxylic acids is 1. The van der Waals surface area contributed by atoms with E-state index in [1.165, 1.54) is 0 Å². The Labute approximate surface area is 113 Å². The van der Waals surface area contributed by atoms with Gasteiger partial charge in [-0.2, -0.15) is 0 Å². The first-order chi connectivity index (χ1) is 9.20. The minimum Gasteiger partial charge on any atom is -0.486 e. The minimum atomic E-state index is -0.443. The lowest BCUT2D eigenvalue weighted by Gasteiger charge is -2.26. The number of benzene rings is 1. The van der Waals surface area contributed by atoms with Gasteiger partial charge in [-0.05, 0) is 18.6 Å². The van der Waals surface area contributed by atoms with E-state index < -0.39 is 6.04 Å². The van der Waals surface area contributed by atoms with Crippen LogP contribution in [-0.2, 0) is 4.79 Å². The summed E-state index contributed by atoms with van der Waals surface area (Å²) in [6.45, 7) is 2.84. The van der Waals surface area contributed by atoms with Crippen LogP contribution in [0.15, 0.2) is 24.3 Å². The Morgan fingerprint density at radius 2 is 2.21 bits per heavy atom. The number of hydrogen-bond acceptors (Lipinski definition) is 4. The van der Waals surface area contributed by atoms with Gasteiger partial charge in [-0.15, -0.1) is 0 Å². The van der Waals surface area contributed by atoms with Crippen LogP contribution in [-0.4, -0.2) is 31.2 Å². The summed E-state index contributed by atoms with van der Waals surface area (Å²) in [5, 5.41) is 2.80. The van der Waals surface area contributed by atoms with Crippen LogP contribution in [0.4, 0.5) is 0 Å². The number of nitrogens with two attached hydrogens (primary N) is 1. The molecule has 0 fully saturated rings. The Hall–Kier alpha value is -1.75. The molecule has 0 saturated heterocycles. The zero-order valence-electron chi connectivity index (χ0n) is 11.1. The number of carbonyl (C=O) groups is 1. The van der Waals surface area contributed by atoms with Gasteiger partial charge in [0.05, 0.1) is 12.6 Å². The van der Waals surface area contributed by atoms with Gasteiger partial charge in [0.1, 0.15) is 12.7 Å². The standard InChI is InChI=1S/C14H20N2O3/c1-2-5-11(15)14(17)16-8-10-9-18-12-6-3-4-7-13(12)19-10/h3-4,6-7,10-11H,2,5,8-9,15H2,1H3,(H,16,17). The molecule has 2 atom stereocenters. The zero-order chi connectivity index (χ0) is 13.7. The van der Waals surface area contributed by atoms with Crippen LogP contribution >= 0.6 is 0 Å². The number of ether oxygens (including phenoxy) is 2. The maximum atomic E-state index is 11.7. The molecule has 2 unspecified atom stereocenters. The van der Waals surface area contributed by atoms with Gasteiger partial charge in [0, 0.05) is 0 Å². The second-order valence-electron chi connectivity index (χ2n) is 4.64. The maximum Gasteiger partial charge on any atom is 0.237 e. The van der Waals surface area contributed by atoms with Gasteiger partial charge in [0.2, 0.25) is 5.91 Å². The molecule has 1 aromatic rings. The fourth-order valence-electron chi connectivity index (χ4n) is 1.95. The molecule has 0 spiro atoms. The lowest BCUT2D eigenvalue weighted by molar-refractivity contribution is -0.123. The third-order valence-corrected chi connectivity index (χ3v) is 3.01. The van der Waals surface area contributed by atoms with E-state index in [1.807, 2.05) is 31.2 Å². The van der Waals surface area contributed by atoms with Crippen molar-refractivity contribution in [2.75, 3.05) is 13.2 Å². The first kappa shape index (κ1) is 13.7. The number of para-hydroxylation sites is 2. The van der Waals surface area contributed by atoms with Crippen LogP contribution in [0.2, 0.25) is 0 Å². The van der Waals surface area contributed by atoms with Crippen molar-refractivity contribution in [1.29, 1.82) is 0 Å². The minimum absolute atomic E-state index is 0.135. The molecule has 1 aliphatic heterocycles. The molecule has 1 amide bonds. The predicted molar refractivity (Wildman–Crippen MR) is 72.2 cm³/mol. The van der Waals surface area contributed by atoms with Crippen LogP contribution in [0, 0.1) is 0 Å². The molecule has 0 bridgehead atoms. The van der Waals surface area contributed by atoms with E-state index in [4.69, 9.17) is 15.2 Å². The van der Waals surface area contributed by atoms with E-state index in [0.717, 1.165) is 12.2 Å². The summed E-state index contributed by atoms with van der Waals surface area (Å²) in [6, 6.07) is 7.06. The molecule has 1 aliphatic rings. The van der Waals surface area contributed by atoms with Crippen LogP contribution in [0.5, 0.6) is 11.5 Å². The van der Waals surface area contributed by atoms with Gasteiger partial charge < -0.3 is 20.5 Å². The molecule has 104 valence electrons. The van der Waals surface area contributed by atoms with Crippen molar-refractivity contribution in [3.8, 4) is 11.5 Å². The molecule has 1 aromatic carbocycles. The average molecular weight is 264 g/mol. The number of amides is 1. The molecule has 5 heteroatoms. The molecule has 0 radical (unpaired) electrons. The van der Waals surface area contributed by atoms with E-state index in [2.05, 4.69) is 5.32 Å². The van der Waals surface area contributed by atoms with Crippen molar-refractivity contribution in [2.24, 2.45) is 5.73 Å². The fraction of sp³-hybridized carbons (Fsp3) is 0.500. The summed E-state index contributed by atoms with van der Waals surface area (Å²) in [4.78, 5) is 11.7. The van der Waals surface area contributed by atoms with Crippen molar-refractivity contribution in [1.82, 2.24) is 5.32 Å². The van der Waals surface area contributed by atoms with Gasteiger partial charge in [0.25, 0.3) is 0 Å². The van der Waals surface area contributed by atoms with E-state index in [1.54, 1.807) is 0 Å². The summed E-state index contributed by atoms with van der Waals surface area (Å²) >= 11 is 0. The Morgan fingerprint density at radius 3 is 2.95 bits per heavy atom. The molecular weight excluding hydrogens is 244 g/mol. The molecule has 1 heterocycles. The lowest BCUT2D eigenvalue weighted by atomic mass is 10.1. The molecule has 0 saturated carbocycles. The van der Waals surface area contributed by atoms with Crippen LogP contribution in [0.1, 0.15) is 19.8 Å². The van der Waals surface area contributed by atoms with Crippen LogP contribution in [0.3, 0.4) is 0 Å². The van der Waals surface area contributed by atoms with Gasteiger partial charge in [-0.25, -0.2) is 0 Å². The average Bonchev–Trinajstić information content (AvgIpc) is 2.44. The molecule has 0 aromatic heterocycles. The van der Waals surface area contributed by atoms with Crippen molar-refractivity contribution in [2.45, 2.75) is 31.9 Å². The van der Waals surface area contributed by atoms with Gasteiger partial charge in [0.15, 0.2) is 11.5 Å². The summed E-state index contributed by atoms with van der Waals surface area (Å²) in [5.74, 6) is 1.32. The number of hydrogen-bond donors (Lipinski definition) is 2. The third-order valence-electron chi connectivity index (χ3n) is 3.01. The highest BCUT2D eigenvalue weighted by atomic mass is 16.6. The first-order valence-corrected chi connectivity index (χ1v) is 6.62. The highest BCUT2D eigenvalue weighted by molar-refractivity contribution is 5.81. The number of nitrogens with one attached hydrogen (secondary N) is 1. The summed E-state index contributed by atoms with van der Waals surface area (Å²) in [6.07, 6.45) is 1.41. The highest BCUT2D eigenvalue weighted by Crippen LogP contribution is 2.30. The van der Waals surface area contributed by atoms with E-state index in [0.29, 0.717) is 25.3 Å². The van der Waals surface area contributed by atoms with Gasteiger partial charge in [-0.3, -0.25) is 4.79 Å². The molecular formula is C14H20N2O3. The molecule has 2 rings (SSSR count). The quantitative estimate of drug-likeness (QED) is 0.834. The maximum absolute atomic E-state index is 11.7. The Bertz CT molecular complexity index is 436.